The SMILES string of the molecule is CC(C)(C)OC(=O)NC(=O)[C@H](Cc1ccccc1)NC(=O)[C@@H](N)C(Cc1ccccc1)C(=O)O. The van der Waals surface area contributed by atoms with E-state index in [1.165, 1.54) is 0 Å². The number of carbonyl (C=O) groups is 4. The fourth-order valence-corrected chi connectivity index (χ4v) is 3.24. The first-order valence-electron chi connectivity index (χ1n) is 10.9. The molecule has 2 rings (SSSR count). The van der Waals surface area contributed by atoms with Crippen molar-refractivity contribution in [1.82, 2.24) is 10.6 Å². The van der Waals surface area contributed by atoms with E-state index in [9.17, 15) is 24.3 Å². The molecule has 0 aliphatic heterocycles. The van der Waals surface area contributed by atoms with Crippen LogP contribution in [0.25, 0.3) is 0 Å². The van der Waals surface area contributed by atoms with Gasteiger partial charge in [0.15, 0.2) is 0 Å². The van der Waals surface area contributed by atoms with E-state index in [1.54, 1.807) is 81.4 Å². The molecule has 0 radical (unpaired) electrons. The maximum Gasteiger partial charge on any atom is 0.414 e. The van der Waals surface area contributed by atoms with Gasteiger partial charge in [-0.25, -0.2) is 4.79 Å². The van der Waals surface area contributed by atoms with Crippen molar-refractivity contribution in [3.63, 3.8) is 0 Å². The molecule has 2 aromatic rings. The van der Waals surface area contributed by atoms with Crippen LogP contribution >= 0.6 is 0 Å². The minimum Gasteiger partial charge on any atom is -0.481 e. The first-order valence-corrected chi connectivity index (χ1v) is 10.9. The van der Waals surface area contributed by atoms with Gasteiger partial charge in [0.1, 0.15) is 11.6 Å². The molecule has 34 heavy (non-hydrogen) atoms. The minimum absolute atomic E-state index is 0.0399. The summed E-state index contributed by atoms with van der Waals surface area (Å²) in [5, 5.41) is 14.3. The largest absolute Gasteiger partial charge is 0.481 e. The van der Waals surface area contributed by atoms with Gasteiger partial charge in [0, 0.05) is 6.42 Å². The predicted molar refractivity (Wildman–Crippen MR) is 126 cm³/mol. The molecule has 2 aromatic carbocycles. The van der Waals surface area contributed by atoms with E-state index in [0.29, 0.717) is 5.56 Å². The molecule has 0 saturated carbocycles. The molecule has 0 spiro atoms. The highest BCUT2D eigenvalue weighted by molar-refractivity contribution is 5.98. The fraction of sp³-hybridized carbons (Fsp3) is 0.360. The third-order valence-corrected chi connectivity index (χ3v) is 4.89. The standard InChI is InChI=1S/C25H31N3O6/c1-25(2,3)34-24(33)28-21(29)19(15-17-12-8-5-9-13-17)27-22(30)20(26)18(23(31)32)14-16-10-6-4-7-11-16/h4-13,18-20H,14-15,26H2,1-3H3,(H,27,30)(H,31,32)(H,28,29,33)/t18?,19-,20-/m0/s1. The summed E-state index contributed by atoms with van der Waals surface area (Å²) in [7, 11) is 0. The molecule has 0 aromatic heterocycles. The van der Waals surface area contributed by atoms with Crippen molar-refractivity contribution >= 4 is 23.9 Å². The Kier molecular flexibility index (Phi) is 9.32. The normalized spacial score (nSPS) is 13.8. The number of hydrogen-bond donors (Lipinski definition) is 4. The average molecular weight is 470 g/mol. The highest BCUT2D eigenvalue weighted by Gasteiger charge is 2.34. The zero-order valence-corrected chi connectivity index (χ0v) is 19.5. The van der Waals surface area contributed by atoms with E-state index in [1.807, 2.05) is 0 Å². The molecule has 0 aliphatic carbocycles. The molecular formula is C25H31N3O6. The number of carboxylic acid groups (broad SMARTS) is 1. The summed E-state index contributed by atoms with van der Waals surface area (Å²) in [6.45, 7) is 4.95. The monoisotopic (exact) mass is 469 g/mol. The van der Waals surface area contributed by atoms with Gasteiger partial charge in [-0.3, -0.25) is 19.7 Å². The molecule has 182 valence electrons. The van der Waals surface area contributed by atoms with Crippen LogP contribution in [-0.2, 0) is 32.0 Å². The summed E-state index contributed by atoms with van der Waals surface area (Å²) in [5.41, 5.74) is 6.63. The molecule has 3 amide bonds. The lowest BCUT2D eigenvalue weighted by Crippen LogP contribution is -2.56. The van der Waals surface area contributed by atoms with Gasteiger partial charge in [-0.2, -0.15) is 0 Å². The number of nitrogens with one attached hydrogen (secondary N) is 2. The lowest BCUT2D eigenvalue weighted by atomic mass is 9.91. The van der Waals surface area contributed by atoms with Crippen LogP contribution in [0.15, 0.2) is 60.7 Å². The van der Waals surface area contributed by atoms with Crippen LogP contribution in [0.4, 0.5) is 4.79 Å². The number of benzene rings is 2. The van der Waals surface area contributed by atoms with E-state index in [-0.39, 0.29) is 12.8 Å². The summed E-state index contributed by atoms with van der Waals surface area (Å²) < 4.78 is 5.11. The molecule has 9 heteroatoms. The molecule has 0 saturated heterocycles. The molecule has 3 atom stereocenters. The quantitative estimate of drug-likeness (QED) is 0.439. The maximum absolute atomic E-state index is 12.9. The third kappa shape index (κ3) is 8.67. The number of amides is 3. The van der Waals surface area contributed by atoms with Crippen LogP contribution in [0, 0.1) is 5.92 Å². The Labute approximate surface area is 198 Å². The Morgan fingerprint density at radius 3 is 1.85 bits per heavy atom. The van der Waals surface area contributed by atoms with Gasteiger partial charge >= 0.3 is 12.1 Å². The van der Waals surface area contributed by atoms with Gasteiger partial charge < -0.3 is 20.9 Å². The predicted octanol–water partition coefficient (Wildman–Crippen LogP) is 2.04. The van der Waals surface area contributed by atoms with Gasteiger partial charge in [-0.1, -0.05) is 60.7 Å². The molecule has 0 fully saturated rings. The lowest BCUT2D eigenvalue weighted by Gasteiger charge is -2.24. The van der Waals surface area contributed by atoms with Crippen molar-refractivity contribution in [2.24, 2.45) is 11.7 Å². The first-order chi connectivity index (χ1) is 16.0. The zero-order valence-electron chi connectivity index (χ0n) is 19.5. The highest BCUT2D eigenvalue weighted by Crippen LogP contribution is 2.13. The van der Waals surface area contributed by atoms with E-state index < -0.39 is 47.5 Å². The fourth-order valence-electron chi connectivity index (χ4n) is 3.24. The summed E-state index contributed by atoms with van der Waals surface area (Å²) in [5.74, 6) is -4.06. The number of alkyl carbamates (subject to hydrolysis) is 1. The van der Waals surface area contributed by atoms with E-state index in [2.05, 4.69) is 10.6 Å². The Hall–Kier alpha value is -3.72. The van der Waals surface area contributed by atoms with Gasteiger partial charge in [0.2, 0.25) is 5.91 Å². The summed E-state index contributed by atoms with van der Waals surface area (Å²) in [6.07, 6.45) is -0.857. The number of nitrogens with two attached hydrogens (primary N) is 1. The molecule has 5 N–H and O–H groups in total. The van der Waals surface area contributed by atoms with Crippen LogP contribution < -0.4 is 16.4 Å². The Morgan fingerprint density at radius 2 is 1.38 bits per heavy atom. The Bertz CT molecular complexity index is 989. The molecule has 1 unspecified atom stereocenters. The number of imide groups is 1. The number of hydrogen-bond acceptors (Lipinski definition) is 6. The molecule has 0 bridgehead atoms. The van der Waals surface area contributed by atoms with Crippen molar-refractivity contribution in [3.05, 3.63) is 71.8 Å². The molecule has 9 nitrogen and oxygen atoms in total. The van der Waals surface area contributed by atoms with Crippen molar-refractivity contribution in [2.45, 2.75) is 51.3 Å². The number of carboxylic acids is 1. The van der Waals surface area contributed by atoms with Crippen molar-refractivity contribution < 1.29 is 29.0 Å². The Morgan fingerprint density at radius 1 is 0.882 bits per heavy atom. The molecule has 0 heterocycles. The zero-order chi connectivity index (χ0) is 25.3. The number of rotatable bonds is 9. The van der Waals surface area contributed by atoms with Crippen LogP contribution in [0.5, 0.6) is 0 Å². The Balaban J connectivity index is 2.17. The third-order valence-electron chi connectivity index (χ3n) is 4.89. The van der Waals surface area contributed by atoms with Crippen LogP contribution in [0.2, 0.25) is 0 Å². The maximum atomic E-state index is 12.9. The second-order valence-electron chi connectivity index (χ2n) is 8.90. The van der Waals surface area contributed by atoms with Crippen molar-refractivity contribution in [2.75, 3.05) is 0 Å². The number of carbonyl (C=O) groups excluding carboxylic acids is 3. The van der Waals surface area contributed by atoms with E-state index >= 15 is 0 Å². The minimum atomic E-state index is -1.43. The molecule has 0 aliphatic rings. The van der Waals surface area contributed by atoms with E-state index in [0.717, 1.165) is 5.56 Å². The number of ether oxygens (including phenoxy) is 1. The van der Waals surface area contributed by atoms with Gasteiger partial charge in [0.25, 0.3) is 5.91 Å². The van der Waals surface area contributed by atoms with Crippen LogP contribution in [-0.4, -0.2) is 46.7 Å². The summed E-state index contributed by atoms with van der Waals surface area (Å²) in [4.78, 5) is 49.6. The first kappa shape index (κ1) is 26.5. The van der Waals surface area contributed by atoms with Crippen molar-refractivity contribution in [3.8, 4) is 0 Å². The summed E-state index contributed by atoms with van der Waals surface area (Å²) in [6, 6.07) is 15.1. The topological polar surface area (TPSA) is 148 Å². The van der Waals surface area contributed by atoms with Gasteiger partial charge in [0.05, 0.1) is 12.0 Å². The highest BCUT2D eigenvalue weighted by atomic mass is 16.6. The van der Waals surface area contributed by atoms with Crippen molar-refractivity contribution in [1.29, 1.82) is 0 Å². The molecular weight excluding hydrogens is 438 g/mol. The van der Waals surface area contributed by atoms with Gasteiger partial charge in [-0.05, 0) is 38.3 Å². The number of aliphatic carboxylic acids is 1. The summed E-state index contributed by atoms with van der Waals surface area (Å²) >= 11 is 0. The lowest BCUT2D eigenvalue weighted by molar-refractivity contribution is -0.145. The second kappa shape index (κ2) is 11.9. The van der Waals surface area contributed by atoms with Crippen LogP contribution in [0.3, 0.4) is 0 Å². The smallest absolute Gasteiger partial charge is 0.414 e. The van der Waals surface area contributed by atoms with E-state index in [4.69, 9.17) is 10.5 Å². The average Bonchev–Trinajstić information content (AvgIpc) is 2.76. The van der Waals surface area contributed by atoms with Crippen LogP contribution in [0.1, 0.15) is 31.9 Å². The van der Waals surface area contributed by atoms with Gasteiger partial charge in [-0.15, -0.1) is 0 Å². The second-order valence-corrected chi connectivity index (χ2v) is 8.90.